The molecule has 0 N–H and O–H groups in total. The van der Waals surface area contributed by atoms with Crippen molar-refractivity contribution >= 4 is 33.9 Å². The Kier molecular flexibility index (Phi) is 5.61. The quantitative estimate of drug-likeness (QED) is 0.358. The van der Waals surface area contributed by atoms with E-state index in [1.165, 1.54) is 17.0 Å². The number of nitrogens with zero attached hydrogens (tertiary/aromatic N) is 2. The number of benzene rings is 3. The minimum atomic E-state index is -0.298. The Balaban J connectivity index is 1.31. The van der Waals surface area contributed by atoms with Gasteiger partial charge in [0.05, 0.1) is 6.04 Å². The van der Waals surface area contributed by atoms with Gasteiger partial charge in [-0.05, 0) is 70.8 Å². The van der Waals surface area contributed by atoms with Crippen LogP contribution in [0.4, 0.5) is 4.39 Å². The number of amides is 2. The average molecular weight is 485 g/mol. The van der Waals surface area contributed by atoms with Gasteiger partial charge in [0.1, 0.15) is 12.4 Å². The summed E-state index contributed by atoms with van der Waals surface area (Å²) in [6.45, 7) is 0.624. The van der Waals surface area contributed by atoms with Crippen LogP contribution in [-0.4, -0.2) is 40.7 Å². The zero-order valence-electron chi connectivity index (χ0n) is 19.2. The van der Waals surface area contributed by atoms with E-state index in [4.69, 9.17) is 0 Å². The van der Waals surface area contributed by atoms with Crippen molar-refractivity contribution in [3.63, 3.8) is 0 Å². The fraction of sp³-hybridized carbons (Fsp3) is 0.241. The van der Waals surface area contributed by atoms with Crippen molar-refractivity contribution in [3.05, 3.63) is 106 Å². The molecule has 1 saturated carbocycles. The summed E-state index contributed by atoms with van der Waals surface area (Å²) in [5.74, 6) is -0.463. The highest BCUT2D eigenvalue weighted by Crippen LogP contribution is 2.38. The van der Waals surface area contributed by atoms with Crippen molar-refractivity contribution < 1.29 is 14.0 Å². The molecule has 1 unspecified atom stereocenters. The molecule has 6 rings (SSSR count). The molecule has 1 fully saturated rings. The molecule has 1 aromatic heterocycles. The smallest absolute Gasteiger partial charge is 0.255 e. The van der Waals surface area contributed by atoms with E-state index in [0.717, 1.165) is 41.2 Å². The van der Waals surface area contributed by atoms with Crippen LogP contribution in [0.3, 0.4) is 0 Å². The summed E-state index contributed by atoms with van der Waals surface area (Å²) in [6, 6.07) is 21.9. The van der Waals surface area contributed by atoms with Crippen LogP contribution in [0.2, 0.25) is 0 Å². The van der Waals surface area contributed by atoms with Gasteiger partial charge in [-0.1, -0.05) is 48.5 Å². The predicted octanol–water partition coefficient (Wildman–Crippen LogP) is 5.82. The molecular formula is C29H25FN2O2S. The van der Waals surface area contributed by atoms with Crippen LogP contribution in [0.25, 0.3) is 10.8 Å². The maximum absolute atomic E-state index is 13.8. The molecule has 0 saturated heterocycles. The van der Waals surface area contributed by atoms with Gasteiger partial charge >= 0.3 is 0 Å². The number of hydrogen-bond acceptors (Lipinski definition) is 3. The van der Waals surface area contributed by atoms with Crippen LogP contribution >= 0.6 is 11.3 Å². The molecule has 2 aliphatic rings. The van der Waals surface area contributed by atoms with Gasteiger partial charge in [-0.15, -0.1) is 11.3 Å². The standard InChI is InChI=1S/C29H25FN2O2S/c30-21-10-8-20(9-11-21)28-25-15-17-35-26(25)14-16-31(28)27(33)18-32(22-12-13-22)29(34)24-7-3-5-19-4-1-2-6-23(19)24/h1-11,15,17,22,28H,12-14,16,18H2. The third-order valence-corrected chi connectivity index (χ3v) is 8.04. The highest BCUT2D eigenvalue weighted by Gasteiger charge is 2.38. The number of rotatable bonds is 5. The summed E-state index contributed by atoms with van der Waals surface area (Å²) in [6.07, 6.45) is 2.62. The van der Waals surface area contributed by atoms with Gasteiger partial charge in [0.2, 0.25) is 5.91 Å². The first-order valence-corrected chi connectivity index (χ1v) is 12.9. The molecule has 176 valence electrons. The van der Waals surface area contributed by atoms with Crippen LogP contribution in [0, 0.1) is 5.82 Å². The summed E-state index contributed by atoms with van der Waals surface area (Å²) in [5, 5.41) is 3.97. The van der Waals surface area contributed by atoms with Crippen molar-refractivity contribution in [2.75, 3.05) is 13.1 Å². The maximum Gasteiger partial charge on any atom is 0.255 e. The fourth-order valence-corrected chi connectivity index (χ4v) is 6.05. The van der Waals surface area contributed by atoms with Gasteiger partial charge in [0.15, 0.2) is 0 Å². The molecule has 1 atom stereocenters. The van der Waals surface area contributed by atoms with Gasteiger partial charge in [-0.2, -0.15) is 0 Å². The van der Waals surface area contributed by atoms with Gasteiger partial charge < -0.3 is 9.80 Å². The Morgan fingerprint density at radius 1 is 0.971 bits per heavy atom. The molecule has 1 aliphatic carbocycles. The largest absolute Gasteiger partial charge is 0.330 e. The lowest BCUT2D eigenvalue weighted by molar-refractivity contribution is -0.134. The van der Waals surface area contributed by atoms with Gasteiger partial charge in [-0.25, -0.2) is 4.39 Å². The zero-order chi connectivity index (χ0) is 23.9. The molecule has 0 bridgehead atoms. The van der Waals surface area contributed by atoms with Gasteiger partial charge in [0.25, 0.3) is 5.91 Å². The van der Waals surface area contributed by atoms with Crippen LogP contribution in [0.5, 0.6) is 0 Å². The molecule has 6 heteroatoms. The Labute approximate surface area is 207 Å². The Morgan fingerprint density at radius 3 is 2.54 bits per heavy atom. The van der Waals surface area contributed by atoms with Crippen molar-refractivity contribution in [1.82, 2.24) is 9.80 Å². The topological polar surface area (TPSA) is 40.6 Å². The normalized spacial score (nSPS) is 17.3. The average Bonchev–Trinajstić information content (AvgIpc) is 3.62. The second-order valence-corrected chi connectivity index (χ2v) is 10.3. The van der Waals surface area contributed by atoms with Crippen molar-refractivity contribution in [2.45, 2.75) is 31.3 Å². The van der Waals surface area contributed by atoms with E-state index in [-0.39, 0.29) is 36.3 Å². The summed E-state index contributed by atoms with van der Waals surface area (Å²) in [4.78, 5) is 32.4. The predicted molar refractivity (Wildman–Crippen MR) is 136 cm³/mol. The van der Waals surface area contributed by atoms with E-state index in [1.807, 2.05) is 47.4 Å². The molecule has 4 nitrogen and oxygen atoms in total. The monoisotopic (exact) mass is 484 g/mol. The molecule has 0 radical (unpaired) electrons. The van der Waals surface area contributed by atoms with Crippen LogP contribution < -0.4 is 0 Å². The van der Waals surface area contributed by atoms with Crippen molar-refractivity contribution in [1.29, 1.82) is 0 Å². The molecule has 0 spiro atoms. The lowest BCUT2D eigenvalue weighted by Gasteiger charge is -2.37. The first kappa shape index (κ1) is 22.0. The fourth-order valence-electron chi connectivity index (χ4n) is 5.15. The molecule has 2 amide bonds. The Morgan fingerprint density at radius 2 is 1.74 bits per heavy atom. The second kappa shape index (κ2) is 8.93. The van der Waals surface area contributed by atoms with Crippen LogP contribution in [-0.2, 0) is 11.2 Å². The minimum Gasteiger partial charge on any atom is -0.330 e. The summed E-state index contributed by atoms with van der Waals surface area (Å²) >= 11 is 1.70. The first-order valence-electron chi connectivity index (χ1n) is 12.0. The highest BCUT2D eigenvalue weighted by molar-refractivity contribution is 7.10. The molecule has 1 aliphatic heterocycles. The second-order valence-electron chi connectivity index (χ2n) is 9.28. The third-order valence-electron chi connectivity index (χ3n) is 7.05. The highest BCUT2D eigenvalue weighted by atomic mass is 32.1. The summed E-state index contributed by atoms with van der Waals surface area (Å²) in [7, 11) is 0. The first-order chi connectivity index (χ1) is 17.1. The van der Waals surface area contributed by atoms with Gasteiger partial charge in [-0.3, -0.25) is 9.59 Å². The molecule has 4 aromatic rings. The zero-order valence-corrected chi connectivity index (χ0v) is 20.0. The van der Waals surface area contributed by atoms with Crippen LogP contribution in [0.15, 0.2) is 78.2 Å². The summed E-state index contributed by atoms with van der Waals surface area (Å²) in [5.41, 5.74) is 2.62. The molecule has 35 heavy (non-hydrogen) atoms. The summed E-state index contributed by atoms with van der Waals surface area (Å²) < 4.78 is 13.7. The number of fused-ring (bicyclic) bond motifs is 2. The molecular weight excluding hydrogens is 459 g/mol. The number of halogens is 1. The molecule has 3 aromatic carbocycles. The van der Waals surface area contributed by atoms with Crippen LogP contribution in [0.1, 0.15) is 45.2 Å². The third kappa shape index (κ3) is 4.12. The van der Waals surface area contributed by atoms with E-state index in [2.05, 4.69) is 11.4 Å². The van der Waals surface area contributed by atoms with Crippen molar-refractivity contribution in [2.24, 2.45) is 0 Å². The maximum atomic E-state index is 13.8. The van der Waals surface area contributed by atoms with Crippen molar-refractivity contribution in [3.8, 4) is 0 Å². The number of carbonyl (C=O) groups excluding carboxylic acids is 2. The SMILES string of the molecule is O=C(c1cccc2ccccc12)N(CC(=O)N1CCc2sccc2C1c1ccc(F)cc1)C1CC1. The Hall–Kier alpha value is -3.51. The minimum absolute atomic E-state index is 0.0455. The lowest BCUT2D eigenvalue weighted by Crippen LogP contribution is -2.47. The van der Waals surface area contributed by atoms with E-state index in [9.17, 15) is 14.0 Å². The number of carbonyl (C=O) groups is 2. The van der Waals surface area contributed by atoms with Gasteiger partial charge in [0, 0.05) is 23.0 Å². The Bertz CT molecular complexity index is 1400. The number of hydrogen-bond donors (Lipinski definition) is 0. The molecule has 2 heterocycles. The number of thiophene rings is 1. The lowest BCUT2D eigenvalue weighted by atomic mass is 9.93. The van der Waals surface area contributed by atoms with E-state index in [1.54, 1.807) is 28.4 Å². The van der Waals surface area contributed by atoms with E-state index in [0.29, 0.717) is 12.1 Å². The van der Waals surface area contributed by atoms with E-state index >= 15 is 0 Å². The van der Waals surface area contributed by atoms with E-state index < -0.39 is 0 Å².